The number of benzene rings is 8. The molecule has 0 spiro atoms. The second-order valence-electron chi connectivity index (χ2n) is 27.8. The van der Waals surface area contributed by atoms with E-state index in [1.54, 1.807) is 0 Å². The number of alkyl halides is 1. The molecule has 0 bridgehead atoms. The fourth-order valence-corrected chi connectivity index (χ4v) is 14.6. The summed E-state index contributed by atoms with van der Waals surface area (Å²) in [7, 11) is 0.505. The molecule has 1 atom stereocenters. The Morgan fingerprint density at radius 3 is 1.12 bits per heavy atom. The molecule has 0 radical (unpaired) electrons. The molecule has 4 heterocycles. The first-order valence-electron chi connectivity index (χ1n) is 33.9. The van der Waals surface area contributed by atoms with E-state index >= 15 is 0 Å². The Bertz CT molecular complexity index is 4190. The third-order valence-corrected chi connectivity index (χ3v) is 29.1. The van der Waals surface area contributed by atoms with Crippen molar-refractivity contribution in [2.24, 2.45) is 0 Å². The maximum atomic E-state index is 6.63. The fraction of sp³-hybridized carbons (Fsp3) is 0.293. The van der Waals surface area contributed by atoms with Crippen molar-refractivity contribution in [1.82, 2.24) is 40.0 Å². The maximum absolute atomic E-state index is 6.63. The lowest BCUT2D eigenvalue weighted by Crippen LogP contribution is -2.41. The third-order valence-electron chi connectivity index (χ3n) is 19.5. The minimum absolute atomic E-state index is 0.0801. The van der Waals surface area contributed by atoms with Gasteiger partial charge in [-0.3, -0.25) is 0 Å². The van der Waals surface area contributed by atoms with Crippen molar-refractivity contribution in [3.8, 4) is 0 Å². The van der Waals surface area contributed by atoms with Gasteiger partial charge >= 0.3 is 0 Å². The van der Waals surface area contributed by atoms with Gasteiger partial charge < -0.3 is 19.5 Å². The van der Waals surface area contributed by atoms with Gasteiger partial charge in [-0.25, -0.2) is 19.3 Å². The monoisotopic (exact) mass is 1390 g/mol. The van der Waals surface area contributed by atoms with Crippen LogP contribution in [0.25, 0.3) is 22.3 Å². The van der Waals surface area contributed by atoms with Gasteiger partial charge in [-0.15, -0.1) is 10.2 Å². The van der Waals surface area contributed by atoms with Crippen molar-refractivity contribution < 1.29 is 8.85 Å². The van der Waals surface area contributed by atoms with E-state index in [-0.39, 0.29) is 11.0 Å². The third kappa shape index (κ3) is 15.7. The normalized spacial score (nSPS) is 12.5. The Balaban J connectivity index is 0.000000184. The highest BCUT2D eigenvalue weighted by Gasteiger charge is 2.44. The van der Waals surface area contributed by atoms with Gasteiger partial charge in [-0.2, -0.15) is 0 Å². The molecule has 1 unspecified atom stereocenters. The lowest BCUT2D eigenvalue weighted by Gasteiger charge is -2.36. The van der Waals surface area contributed by atoms with E-state index in [0.717, 1.165) is 123 Å². The number of rotatable bonds is 23. The zero-order chi connectivity index (χ0) is 68.7. The zero-order valence-corrected chi connectivity index (χ0v) is 62.1. The smallest absolute Gasteiger partial charge is 0.191 e. The van der Waals surface area contributed by atoms with Crippen LogP contribution in [0.1, 0.15) is 122 Å². The SMILES string of the molecule is CC(C)(C)[Si](C)(C)OCCCBr.CNc1cc(C(CCCO[Si](C)(C)C(C)(C)C)c2ccccc2)c2nnn(C(c3ccccc3)(c3ccccc3)c3ccccc3)c2n1.CNc1cc(Cc2ccccc2)c2nnn(C(c3ccccc3)(c3ccccc3)c3ccccc3)c2n1. The van der Waals surface area contributed by atoms with Crippen LogP contribution in [0.4, 0.5) is 11.6 Å². The largest absolute Gasteiger partial charge is 0.417 e. The lowest BCUT2D eigenvalue weighted by atomic mass is 9.77. The molecule has 97 heavy (non-hydrogen) atoms. The number of anilines is 2. The van der Waals surface area contributed by atoms with E-state index in [4.69, 9.17) is 39.4 Å². The van der Waals surface area contributed by atoms with E-state index in [1.165, 1.54) is 11.1 Å². The van der Waals surface area contributed by atoms with E-state index in [9.17, 15) is 0 Å². The van der Waals surface area contributed by atoms with Gasteiger partial charge in [0.1, 0.15) is 33.7 Å². The fourth-order valence-electron chi connectivity index (χ4n) is 12.2. The molecule has 12 rings (SSSR count). The minimum atomic E-state index is -1.85. The summed E-state index contributed by atoms with van der Waals surface area (Å²) in [5.74, 6) is 1.64. The molecule has 0 fully saturated rings. The van der Waals surface area contributed by atoms with Crippen molar-refractivity contribution in [3.05, 3.63) is 310 Å². The highest BCUT2D eigenvalue weighted by Crippen LogP contribution is 2.46. The number of hydrogen-bond donors (Lipinski definition) is 2. The number of hydrogen-bond acceptors (Lipinski definition) is 10. The minimum Gasteiger partial charge on any atom is -0.417 e. The molecule has 2 N–H and O–H groups in total. The Morgan fingerprint density at radius 2 is 0.763 bits per heavy atom. The number of nitrogens with one attached hydrogen (secondary N) is 2. The molecule has 0 saturated carbocycles. The summed E-state index contributed by atoms with van der Waals surface area (Å²) in [6.07, 6.45) is 3.70. The van der Waals surface area contributed by atoms with Crippen LogP contribution in [0.5, 0.6) is 0 Å². The van der Waals surface area contributed by atoms with Gasteiger partial charge in [0.05, 0.1) is 0 Å². The molecule has 12 aromatic rings. The molecule has 4 aromatic heterocycles. The predicted octanol–water partition coefficient (Wildman–Crippen LogP) is 19.7. The van der Waals surface area contributed by atoms with Crippen molar-refractivity contribution in [1.29, 1.82) is 0 Å². The van der Waals surface area contributed by atoms with Crippen LogP contribution in [-0.4, -0.2) is 89.2 Å². The first kappa shape index (κ1) is 71.1. The number of fused-ring (bicyclic) bond motifs is 2. The molecule has 0 amide bonds. The van der Waals surface area contributed by atoms with Crippen molar-refractivity contribution in [2.45, 2.75) is 120 Å². The molecule has 8 aromatic carbocycles. The number of pyridine rings is 2. The van der Waals surface area contributed by atoms with Gasteiger partial charge in [0.25, 0.3) is 0 Å². The molecular formula is C82H95BrN10O2Si2. The number of halogens is 1. The van der Waals surface area contributed by atoms with Gasteiger partial charge in [-0.05, 0) is 130 Å². The molecular weight excluding hydrogens is 1290 g/mol. The van der Waals surface area contributed by atoms with Gasteiger partial charge in [-0.1, -0.05) is 311 Å². The topological polar surface area (TPSA) is 130 Å². The number of aromatic nitrogens is 8. The van der Waals surface area contributed by atoms with Crippen LogP contribution < -0.4 is 10.6 Å². The van der Waals surface area contributed by atoms with Crippen LogP contribution in [0.3, 0.4) is 0 Å². The lowest BCUT2D eigenvalue weighted by molar-refractivity contribution is 0.277. The van der Waals surface area contributed by atoms with Crippen LogP contribution >= 0.6 is 15.9 Å². The Kier molecular flexibility index (Phi) is 23.2. The summed E-state index contributed by atoms with van der Waals surface area (Å²) in [5, 5.41) is 27.8. The van der Waals surface area contributed by atoms with Gasteiger partial charge in [0.15, 0.2) is 27.9 Å². The second kappa shape index (κ2) is 31.7. The van der Waals surface area contributed by atoms with Crippen molar-refractivity contribution in [3.63, 3.8) is 0 Å². The first-order valence-corrected chi connectivity index (χ1v) is 40.9. The van der Waals surface area contributed by atoms with Gasteiger partial charge in [0, 0.05) is 38.6 Å². The highest BCUT2D eigenvalue weighted by molar-refractivity contribution is 9.09. The maximum Gasteiger partial charge on any atom is 0.191 e. The highest BCUT2D eigenvalue weighted by atomic mass is 79.9. The molecule has 0 aliphatic heterocycles. The van der Waals surface area contributed by atoms with E-state index in [2.05, 4.69) is 325 Å². The van der Waals surface area contributed by atoms with E-state index in [0.29, 0.717) is 5.04 Å². The quantitative estimate of drug-likeness (QED) is 0.0276. The summed E-state index contributed by atoms with van der Waals surface area (Å²) < 4.78 is 16.6. The number of nitrogens with zero attached hydrogens (tertiary/aromatic N) is 8. The molecule has 12 nitrogen and oxygen atoms in total. The molecule has 500 valence electrons. The van der Waals surface area contributed by atoms with Crippen LogP contribution in [0, 0.1) is 0 Å². The standard InChI is InChI=1S/C41H47N5OSi.C32H27N5.C9H21BrOSi/c1-40(2,3)48(5,6)47-29-19-28-35(31-20-11-7-12-21-31)36-30-37(42-4)43-39-38(36)44-45-46(39)41(32-22-13-8-14-23-32,33-24-15-9-16-25-33)34-26-17-10-18-27-34;1-33-29-23-25(22-24-14-6-2-7-15-24)30-31(34-29)37(36-35-30)32(26-16-8-3-9-17-26,27-18-10-4-11-19-27)28-20-12-5-13-21-28;1-9(2,3)12(4,5)11-8-6-7-10/h7-18,20-27,30,35H,19,28-29H2,1-6H3,(H,42,43);2-21,23H,22H2,1H3,(H,33,34);6-8H2,1-5H3. The average molecular weight is 1390 g/mol. The van der Waals surface area contributed by atoms with E-state index in [1.807, 2.05) is 47.7 Å². The van der Waals surface area contributed by atoms with Crippen LogP contribution in [-0.2, 0) is 26.4 Å². The summed E-state index contributed by atoms with van der Waals surface area (Å²) in [4.78, 5) is 10.2. The molecule has 0 saturated heterocycles. The summed E-state index contributed by atoms with van der Waals surface area (Å²) in [5.41, 5.74) is 12.6. The first-order chi connectivity index (χ1) is 46.8. The molecule has 0 aliphatic carbocycles. The summed E-state index contributed by atoms with van der Waals surface area (Å²) >= 11 is 3.40. The summed E-state index contributed by atoms with van der Waals surface area (Å²) in [6, 6.07) is 88.6. The van der Waals surface area contributed by atoms with Crippen LogP contribution in [0.2, 0.25) is 36.3 Å². The Hall–Kier alpha value is -8.71. The summed E-state index contributed by atoms with van der Waals surface area (Å²) in [6.45, 7) is 24.6. The Morgan fingerprint density at radius 1 is 0.433 bits per heavy atom. The van der Waals surface area contributed by atoms with Crippen molar-refractivity contribution in [2.75, 3.05) is 43.3 Å². The van der Waals surface area contributed by atoms with E-state index < -0.39 is 27.7 Å². The predicted molar refractivity (Wildman–Crippen MR) is 410 cm³/mol. The zero-order valence-electron chi connectivity index (χ0n) is 58.5. The molecule has 0 aliphatic rings. The Labute approximate surface area is 585 Å². The molecule has 15 heteroatoms. The van der Waals surface area contributed by atoms with Gasteiger partial charge in [0.2, 0.25) is 0 Å². The average Bonchev–Trinajstić information content (AvgIpc) is 1.68. The second-order valence-corrected chi connectivity index (χ2v) is 38.2. The van der Waals surface area contributed by atoms with Crippen molar-refractivity contribution >= 4 is 66.5 Å². The van der Waals surface area contributed by atoms with Crippen LogP contribution in [0.15, 0.2) is 255 Å².